The maximum absolute atomic E-state index is 13.0. The van der Waals surface area contributed by atoms with E-state index in [1.165, 1.54) is 12.1 Å². The Hall–Kier alpha value is -1.62. The van der Waals surface area contributed by atoms with Gasteiger partial charge in [0.05, 0.1) is 24.3 Å². The fraction of sp³-hybridized carbons (Fsp3) is 0.533. The molecule has 4 nitrogen and oxygen atoms in total. The van der Waals surface area contributed by atoms with Crippen molar-refractivity contribution < 1.29 is 19.0 Å². The molecule has 1 aromatic rings. The van der Waals surface area contributed by atoms with Crippen LogP contribution in [0.4, 0.5) is 4.39 Å². The number of phenolic OH excluding ortho intramolecular Hbond substituents is 1. The summed E-state index contributed by atoms with van der Waals surface area (Å²) in [4.78, 5) is 14.2. The molecule has 1 saturated carbocycles. The van der Waals surface area contributed by atoms with Gasteiger partial charge in [-0.05, 0) is 25.0 Å². The van der Waals surface area contributed by atoms with Crippen LogP contribution in [0.1, 0.15) is 36.0 Å². The molecule has 108 valence electrons. The van der Waals surface area contributed by atoms with E-state index in [4.69, 9.17) is 4.74 Å². The summed E-state index contributed by atoms with van der Waals surface area (Å²) >= 11 is 0. The molecule has 1 aromatic carbocycles. The third-order valence-electron chi connectivity index (χ3n) is 4.24. The molecule has 1 amide bonds. The van der Waals surface area contributed by atoms with Crippen LogP contribution in [0.5, 0.6) is 5.75 Å². The number of hydrogen-bond donors (Lipinski definition) is 1. The summed E-state index contributed by atoms with van der Waals surface area (Å²) in [6.07, 6.45) is 4.21. The molecule has 1 aliphatic carbocycles. The monoisotopic (exact) mass is 279 g/mol. The zero-order valence-electron chi connectivity index (χ0n) is 11.3. The van der Waals surface area contributed by atoms with Crippen LogP contribution in [0.15, 0.2) is 18.2 Å². The molecule has 5 heteroatoms. The summed E-state index contributed by atoms with van der Waals surface area (Å²) in [5.74, 6) is -1.10. The molecule has 0 unspecified atom stereocenters. The van der Waals surface area contributed by atoms with Crippen molar-refractivity contribution in [1.29, 1.82) is 0 Å². The second-order valence-electron chi connectivity index (χ2n) is 5.63. The average molecular weight is 279 g/mol. The molecule has 0 radical (unpaired) electrons. The van der Waals surface area contributed by atoms with Crippen LogP contribution in [0.25, 0.3) is 0 Å². The number of benzene rings is 1. The number of carbonyl (C=O) groups is 1. The molecule has 0 atom stereocenters. The minimum Gasteiger partial charge on any atom is -0.507 e. The van der Waals surface area contributed by atoms with Gasteiger partial charge in [0.1, 0.15) is 11.6 Å². The first-order valence-corrected chi connectivity index (χ1v) is 7.01. The lowest BCUT2D eigenvalue weighted by molar-refractivity contribution is -0.0948. The summed E-state index contributed by atoms with van der Waals surface area (Å²) in [7, 11) is 0. The molecule has 1 spiro atoms. The molecule has 1 heterocycles. The topological polar surface area (TPSA) is 49.8 Å². The summed E-state index contributed by atoms with van der Waals surface area (Å²) in [5.41, 5.74) is -0.0507. The number of aromatic hydroxyl groups is 1. The van der Waals surface area contributed by atoms with Gasteiger partial charge in [0.2, 0.25) is 0 Å². The molecule has 1 N–H and O–H groups in total. The number of halogens is 1. The maximum Gasteiger partial charge on any atom is 0.257 e. The average Bonchev–Trinajstić information content (AvgIpc) is 2.86. The highest BCUT2D eigenvalue weighted by atomic mass is 19.1. The third-order valence-corrected chi connectivity index (χ3v) is 4.24. The summed E-state index contributed by atoms with van der Waals surface area (Å²) in [6.45, 7) is 1.59. The lowest BCUT2D eigenvalue weighted by Crippen LogP contribution is -2.52. The van der Waals surface area contributed by atoms with Gasteiger partial charge in [-0.15, -0.1) is 0 Å². The van der Waals surface area contributed by atoms with Crippen LogP contribution in [-0.2, 0) is 4.74 Å². The van der Waals surface area contributed by atoms with Crippen LogP contribution in [0, 0.1) is 5.82 Å². The van der Waals surface area contributed by atoms with Gasteiger partial charge in [-0.2, -0.15) is 0 Å². The highest BCUT2D eigenvalue weighted by Crippen LogP contribution is 2.36. The number of phenols is 1. The first kappa shape index (κ1) is 13.4. The van der Waals surface area contributed by atoms with Crippen molar-refractivity contribution in [3.8, 4) is 5.75 Å². The molecular formula is C15H18FNO3. The first-order chi connectivity index (χ1) is 9.60. The SMILES string of the molecule is O=C(c1ccc(F)cc1O)N1CCOC2(CCCC2)C1. The maximum atomic E-state index is 13.0. The Labute approximate surface area is 117 Å². The van der Waals surface area contributed by atoms with Gasteiger partial charge in [0.15, 0.2) is 0 Å². The van der Waals surface area contributed by atoms with Gasteiger partial charge in [-0.3, -0.25) is 4.79 Å². The Morgan fingerprint density at radius 3 is 2.80 bits per heavy atom. The smallest absolute Gasteiger partial charge is 0.257 e. The first-order valence-electron chi connectivity index (χ1n) is 7.01. The molecule has 1 saturated heterocycles. The summed E-state index contributed by atoms with van der Waals surface area (Å²) < 4.78 is 18.9. The van der Waals surface area contributed by atoms with E-state index in [0.717, 1.165) is 31.7 Å². The number of hydrogen-bond acceptors (Lipinski definition) is 3. The standard InChI is InChI=1S/C15H18FNO3/c16-11-3-4-12(13(18)9-11)14(19)17-7-8-20-15(10-17)5-1-2-6-15/h3-4,9,18H,1-2,5-8,10H2. The second-order valence-corrected chi connectivity index (χ2v) is 5.63. The van der Waals surface area contributed by atoms with E-state index < -0.39 is 5.82 Å². The van der Waals surface area contributed by atoms with Crippen LogP contribution in [0.2, 0.25) is 0 Å². The van der Waals surface area contributed by atoms with Gasteiger partial charge < -0.3 is 14.7 Å². The number of rotatable bonds is 1. The van der Waals surface area contributed by atoms with Crippen molar-refractivity contribution in [3.63, 3.8) is 0 Å². The van der Waals surface area contributed by atoms with E-state index in [1.807, 2.05) is 0 Å². The van der Waals surface area contributed by atoms with E-state index in [2.05, 4.69) is 0 Å². The van der Waals surface area contributed by atoms with Gasteiger partial charge in [-0.25, -0.2) is 4.39 Å². The highest BCUT2D eigenvalue weighted by molar-refractivity contribution is 5.96. The lowest BCUT2D eigenvalue weighted by atomic mass is 9.99. The minimum absolute atomic E-state index is 0.154. The van der Waals surface area contributed by atoms with E-state index >= 15 is 0 Å². The summed E-state index contributed by atoms with van der Waals surface area (Å²) in [6, 6.07) is 3.50. The molecule has 1 aliphatic heterocycles. The van der Waals surface area contributed by atoms with Crippen LogP contribution >= 0.6 is 0 Å². The zero-order valence-corrected chi connectivity index (χ0v) is 11.3. The van der Waals surface area contributed by atoms with Crippen LogP contribution in [0.3, 0.4) is 0 Å². The van der Waals surface area contributed by atoms with Crippen molar-refractivity contribution in [3.05, 3.63) is 29.6 Å². The zero-order chi connectivity index (χ0) is 14.2. The van der Waals surface area contributed by atoms with Crippen molar-refractivity contribution in [1.82, 2.24) is 4.90 Å². The molecule has 0 aromatic heterocycles. The Morgan fingerprint density at radius 1 is 1.35 bits per heavy atom. The fourth-order valence-corrected chi connectivity index (χ4v) is 3.20. The Balaban J connectivity index is 1.79. The number of carbonyl (C=O) groups excluding carboxylic acids is 1. The quantitative estimate of drug-likeness (QED) is 0.858. The molecule has 20 heavy (non-hydrogen) atoms. The molecular weight excluding hydrogens is 261 g/mol. The van der Waals surface area contributed by atoms with Gasteiger partial charge in [-0.1, -0.05) is 12.8 Å². The van der Waals surface area contributed by atoms with Gasteiger partial charge in [0, 0.05) is 12.6 Å². The Morgan fingerprint density at radius 2 is 2.10 bits per heavy atom. The molecule has 2 fully saturated rings. The third kappa shape index (κ3) is 2.38. The van der Waals surface area contributed by atoms with E-state index in [0.29, 0.717) is 19.7 Å². The van der Waals surface area contributed by atoms with Crippen LogP contribution < -0.4 is 0 Å². The second kappa shape index (κ2) is 5.05. The highest BCUT2D eigenvalue weighted by Gasteiger charge is 2.40. The van der Waals surface area contributed by atoms with Crippen molar-refractivity contribution in [2.24, 2.45) is 0 Å². The minimum atomic E-state index is -0.548. The summed E-state index contributed by atoms with van der Waals surface area (Å²) in [5, 5.41) is 9.73. The molecule has 0 bridgehead atoms. The number of ether oxygens (including phenoxy) is 1. The number of nitrogens with zero attached hydrogens (tertiary/aromatic N) is 1. The predicted octanol–water partition coefficient (Wildman–Crippen LogP) is 2.32. The normalized spacial score (nSPS) is 21.4. The van der Waals surface area contributed by atoms with E-state index in [-0.39, 0.29) is 22.8 Å². The fourth-order valence-electron chi connectivity index (χ4n) is 3.20. The Kier molecular flexibility index (Phi) is 3.38. The predicted molar refractivity (Wildman–Crippen MR) is 71.1 cm³/mol. The lowest BCUT2D eigenvalue weighted by Gasteiger charge is -2.40. The number of amides is 1. The largest absolute Gasteiger partial charge is 0.507 e. The van der Waals surface area contributed by atoms with Crippen molar-refractivity contribution >= 4 is 5.91 Å². The van der Waals surface area contributed by atoms with E-state index in [9.17, 15) is 14.3 Å². The molecule has 3 rings (SSSR count). The van der Waals surface area contributed by atoms with Gasteiger partial charge in [0.25, 0.3) is 5.91 Å². The van der Waals surface area contributed by atoms with Crippen LogP contribution in [-0.4, -0.2) is 41.2 Å². The van der Waals surface area contributed by atoms with Gasteiger partial charge >= 0.3 is 0 Å². The van der Waals surface area contributed by atoms with E-state index in [1.54, 1.807) is 4.90 Å². The van der Waals surface area contributed by atoms with Crippen molar-refractivity contribution in [2.75, 3.05) is 19.7 Å². The van der Waals surface area contributed by atoms with Crippen molar-refractivity contribution in [2.45, 2.75) is 31.3 Å². The number of morpholine rings is 1. The Bertz CT molecular complexity index is 526. The molecule has 2 aliphatic rings.